The van der Waals surface area contributed by atoms with E-state index in [9.17, 15) is 4.39 Å². The van der Waals surface area contributed by atoms with Crippen LogP contribution in [0.5, 0.6) is 0 Å². The van der Waals surface area contributed by atoms with Crippen LogP contribution in [0.4, 0.5) is 10.3 Å². The van der Waals surface area contributed by atoms with E-state index in [1.165, 1.54) is 6.07 Å². The van der Waals surface area contributed by atoms with Crippen LogP contribution in [-0.4, -0.2) is 16.5 Å². The van der Waals surface area contributed by atoms with Crippen molar-refractivity contribution >= 4 is 21.9 Å². The van der Waals surface area contributed by atoms with E-state index in [1.807, 2.05) is 6.92 Å². The fourth-order valence-corrected chi connectivity index (χ4v) is 2.08. The number of benzene rings is 1. The van der Waals surface area contributed by atoms with Gasteiger partial charge in [0, 0.05) is 22.8 Å². The van der Waals surface area contributed by atoms with Crippen molar-refractivity contribution in [2.75, 3.05) is 11.9 Å². The maximum absolute atomic E-state index is 13.9. The molecule has 0 saturated carbocycles. The Morgan fingerprint density at radius 2 is 2.16 bits per heavy atom. The number of nitrogens with one attached hydrogen (secondary N) is 1. The van der Waals surface area contributed by atoms with E-state index in [1.54, 1.807) is 18.3 Å². The summed E-state index contributed by atoms with van der Waals surface area (Å²) < 4.78 is 14.7. The van der Waals surface area contributed by atoms with Gasteiger partial charge in [-0.1, -0.05) is 22.9 Å². The number of hydrogen-bond acceptors (Lipinski definition) is 3. The molecule has 0 bridgehead atoms. The van der Waals surface area contributed by atoms with Crippen LogP contribution in [0.3, 0.4) is 0 Å². The van der Waals surface area contributed by atoms with Gasteiger partial charge in [-0.15, -0.1) is 0 Å². The second-order valence-corrected chi connectivity index (χ2v) is 5.19. The highest BCUT2D eigenvalue weighted by Crippen LogP contribution is 2.27. The Morgan fingerprint density at radius 1 is 1.37 bits per heavy atom. The molecule has 1 aromatic carbocycles. The first-order valence-corrected chi connectivity index (χ1v) is 6.94. The van der Waals surface area contributed by atoms with E-state index in [-0.39, 0.29) is 5.82 Å². The van der Waals surface area contributed by atoms with Crippen LogP contribution < -0.4 is 5.32 Å². The Hall–Kier alpha value is -1.49. The zero-order valence-corrected chi connectivity index (χ0v) is 12.5. The van der Waals surface area contributed by atoms with E-state index in [0.29, 0.717) is 17.2 Å². The van der Waals surface area contributed by atoms with Gasteiger partial charge in [0.05, 0.1) is 5.69 Å². The van der Waals surface area contributed by atoms with Crippen LogP contribution >= 0.6 is 15.9 Å². The van der Waals surface area contributed by atoms with Gasteiger partial charge in [-0.05, 0) is 37.1 Å². The molecule has 0 saturated heterocycles. The smallest absolute Gasteiger partial charge is 0.223 e. The fourth-order valence-electron chi connectivity index (χ4n) is 1.72. The summed E-state index contributed by atoms with van der Waals surface area (Å²) in [5.74, 6) is 0.244. The normalized spacial score (nSPS) is 10.5. The first-order chi connectivity index (χ1) is 9.11. The Balaban J connectivity index is 2.45. The standard InChI is InChI=1S/C14H15BrFN3/c1-3-6-17-14-18-8-9(2)13(19-14)11-7-10(15)4-5-12(11)16/h4-5,7-8H,3,6H2,1-2H3,(H,17,18,19). The van der Waals surface area contributed by atoms with Crippen LogP contribution in [0.25, 0.3) is 11.3 Å². The Morgan fingerprint density at radius 3 is 2.89 bits per heavy atom. The summed E-state index contributed by atoms with van der Waals surface area (Å²) in [5, 5.41) is 3.11. The van der Waals surface area contributed by atoms with Crippen LogP contribution in [0.15, 0.2) is 28.9 Å². The maximum atomic E-state index is 13.9. The quantitative estimate of drug-likeness (QED) is 0.917. The number of anilines is 1. The predicted molar refractivity (Wildman–Crippen MR) is 78.6 cm³/mol. The molecule has 3 nitrogen and oxygen atoms in total. The van der Waals surface area contributed by atoms with Crippen molar-refractivity contribution in [2.24, 2.45) is 0 Å². The summed E-state index contributed by atoms with van der Waals surface area (Å²) in [6.45, 7) is 4.73. The van der Waals surface area contributed by atoms with Gasteiger partial charge in [-0.3, -0.25) is 0 Å². The summed E-state index contributed by atoms with van der Waals surface area (Å²) in [6, 6.07) is 4.83. The minimum atomic E-state index is -0.286. The largest absolute Gasteiger partial charge is 0.354 e. The fraction of sp³-hybridized carbons (Fsp3) is 0.286. The molecule has 19 heavy (non-hydrogen) atoms. The molecule has 0 aliphatic heterocycles. The maximum Gasteiger partial charge on any atom is 0.223 e. The van der Waals surface area contributed by atoms with Gasteiger partial charge < -0.3 is 5.32 Å². The topological polar surface area (TPSA) is 37.8 Å². The number of hydrogen-bond donors (Lipinski definition) is 1. The summed E-state index contributed by atoms with van der Waals surface area (Å²) in [5.41, 5.74) is 1.94. The molecule has 0 unspecified atom stereocenters. The minimum Gasteiger partial charge on any atom is -0.354 e. The lowest BCUT2D eigenvalue weighted by Gasteiger charge is -2.09. The number of halogens is 2. The lowest BCUT2D eigenvalue weighted by atomic mass is 10.1. The van der Waals surface area contributed by atoms with E-state index >= 15 is 0 Å². The minimum absolute atomic E-state index is 0.286. The molecule has 2 aromatic rings. The van der Waals surface area contributed by atoms with Crippen LogP contribution in [-0.2, 0) is 0 Å². The average molecular weight is 324 g/mol. The Labute approximate surface area is 120 Å². The highest BCUT2D eigenvalue weighted by Gasteiger charge is 2.11. The van der Waals surface area contributed by atoms with Crippen molar-refractivity contribution < 1.29 is 4.39 Å². The molecule has 1 heterocycles. The molecular formula is C14H15BrFN3. The lowest BCUT2D eigenvalue weighted by molar-refractivity contribution is 0.630. The third-order valence-electron chi connectivity index (χ3n) is 2.69. The third kappa shape index (κ3) is 3.29. The van der Waals surface area contributed by atoms with Crippen molar-refractivity contribution in [3.05, 3.63) is 40.2 Å². The Bertz CT molecular complexity index is 587. The van der Waals surface area contributed by atoms with Crippen LogP contribution in [0.1, 0.15) is 18.9 Å². The lowest BCUT2D eigenvalue weighted by Crippen LogP contribution is -2.05. The van der Waals surface area contributed by atoms with Crippen molar-refractivity contribution in [3.63, 3.8) is 0 Å². The van der Waals surface area contributed by atoms with Gasteiger partial charge in [-0.25, -0.2) is 14.4 Å². The van der Waals surface area contributed by atoms with Crippen molar-refractivity contribution in [1.29, 1.82) is 0 Å². The van der Waals surface area contributed by atoms with Crippen molar-refractivity contribution in [2.45, 2.75) is 20.3 Å². The first-order valence-electron chi connectivity index (χ1n) is 6.14. The molecule has 1 N–H and O–H groups in total. The first kappa shape index (κ1) is 13.9. The molecule has 0 aliphatic rings. The second kappa shape index (κ2) is 6.10. The molecule has 1 aromatic heterocycles. The average Bonchev–Trinajstić information content (AvgIpc) is 2.41. The third-order valence-corrected chi connectivity index (χ3v) is 3.18. The molecular weight excluding hydrogens is 309 g/mol. The number of rotatable bonds is 4. The van der Waals surface area contributed by atoms with Gasteiger partial charge in [0.2, 0.25) is 5.95 Å². The molecule has 0 fully saturated rings. The molecule has 0 radical (unpaired) electrons. The summed E-state index contributed by atoms with van der Waals surface area (Å²) >= 11 is 3.35. The van der Waals surface area contributed by atoms with E-state index < -0.39 is 0 Å². The molecule has 0 amide bonds. The Kier molecular flexibility index (Phi) is 4.47. The van der Waals surface area contributed by atoms with Crippen molar-refractivity contribution in [3.8, 4) is 11.3 Å². The van der Waals surface area contributed by atoms with E-state index in [4.69, 9.17) is 0 Å². The molecule has 5 heteroatoms. The molecule has 100 valence electrons. The molecule has 0 spiro atoms. The zero-order valence-electron chi connectivity index (χ0n) is 10.9. The monoisotopic (exact) mass is 323 g/mol. The van der Waals surface area contributed by atoms with Gasteiger partial charge in [0.25, 0.3) is 0 Å². The highest BCUT2D eigenvalue weighted by atomic mass is 79.9. The number of aromatic nitrogens is 2. The van der Waals surface area contributed by atoms with Gasteiger partial charge in [0.15, 0.2) is 0 Å². The van der Waals surface area contributed by atoms with Crippen molar-refractivity contribution in [1.82, 2.24) is 9.97 Å². The zero-order chi connectivity index (χ0) is 13.8. The summed E-state index contributed by atoms with van der Waals surface area (Å²) in [4.78, 5) is 8.60. The van der Waals surface area contributed by atoms with Crippen LogP contribution in [0.2, 0.25) is 0 Å². The SMILES string of the molecule is CCCNc1ncc(C)c(-c2cc(Br)ccc2F)n1. The molecule has 0 atom stereocenters. The van der Waals surface area contributed by atoms with E-state index in [2.05, 4.69) is 38.1 Å². The van der Waals surface area contributed by atoms with Gasteiger partial charge in [-0.2, -0.15) is 0 Å². The van der Waals surface area contributed by atoms with Crippen LogP contribution in [0, 0.1) is 12.7 Å². The van der Waals surface area contributed by atoms with E-state index in [0.717, 1.165) is 23.0 Å². The second-order valence-electron chi connectivity index (χ2n) is 4.28. The summed E-state index contributed by atoms with van der Waals surface area (Å²) in [7, 11) is 0. The number of nitrogens with zero attached hydrogens (tertiary/aromatic N) is 2. The highest BCUT2D eigenvalue weighted by molar-refractivity contribution is 9.10. The molecule has 2 rings (SSSR count). The number of aryl methyl sites for hydroxylation is 1. The summed E-state index contributed by atoms with van der Waals surface area (Å²) in [6.07, 6.45) is 2.69. The van der Waals surface area contributed by atoms with Gasteiger partial charge in [0.1, 0.15) is 5.82 Å². The predicted octanol–water partition coefficient (Wildman–Crippen LogP) is 4.18. The molecule has 0 aliphatic carbocycles. The van der Waals surface area contributed by atoms with Gasteiger partial charge >= 0.3 is 0 Å².